The molecule has 1 unspecified atom stereocenters. The lowest BCUT2D eigenvalue weighted by atomic mass is 10.3. The second-order valence-electron chi connectivity index (χ2n) is 5.56. The van der Waals surface area contributed by atoms with E-state index in [1.54, 1.807) is 11.3 Å². The van der Waals surface area contributed by atoms with E-state index in [0.29, 0.717) is 39.4 Å². The third-order valence-corrected chi connectivity index (χ3v) is 5.77. The molecule has 1 aromatic heterocycles. The maximum Gasteiger partial charge on any atom is 0.211 e. The van der Waals surface area contributed by atoms with Crippen molar-refractivity contribution in [2.45, 2.75) is 19.1 Å². The normalized spacial score (nSPS) is 19.9. The van der Waals surface area contributed by atoms with Gasteiger partial charge in [0.25, 0.3) is 0 Å². The van der Waals surface area contributed by atoms with Crippen molar-refractivity contribution >= 4 is 21.4 Å². The second kappa shape index (κ2) is 8.37. The number of rotatable bonds is 7. The van der Waals surface area contributed by atoms with E-state index in [0.717, 1.165) is 17.8 Å². The summed E-state index contributed by atoms with van der Waals surface area (Å²) in [4.78, 5) is 3.25. The predicted octanol–water partition coefficient (Wildman–Crippen LogP) is 0.593. The average molecular weight is 348 g/mol. The molecular weight excluding hydrogens is 324 g/mol. The van der Waals surface area contributed by atoms with E-state index in [1.165, 1.54) is 10.6 Å². The van der Waals surface area contributed by atoms with E-state index in [2.05, 4.69) is 4.90 Å². The van der Waals surface area contributed by atoms with Gasteiger partial charge >= 0.3 is 0 Å². The Morgan fingerprint density at radius 1 is 1.36 bits per heavy atom. The molecule has 0 spiro atoms. The smallest absolute Gasteiger partial charge is 0.211 e. The summed E-state index contributed by atoms with van der Waals surface area (Å²) in [6.07, 6.45) is 1.48. The summed E-state index contributed by atoms with van der Waals surface area (Å²) in [6.45, 7) is 3.83. The summed E-state index contributed by atoms with van der Waals surface area (Å²) in [5, 5.41) is 12.1. The van der Waals surface area contributed by atoms with Crippen molar-refractivity contribution in [1.29, 1.82) is 0 Å². The van der Waals surface area contributed by atoms with Crippen LogP contribution in [0.4, 0.5) is 0 Å². The quantitative estimate of drug-likeness (QED) is 0.781. The molecule has 0 radical (unpaired) electrons. The van der Waals surface area contributed by atoms with Crippen LogP contribution in [0.1, 0.15) is 11.3 Å². The zero-order valence-corrected chi connectivity index (χ0v) is 14.5. The Labute approximate surface area is 136 Å². The maximum atomic E-state index is 11.6. The molecule has 0 aliphatic carbocycles. The lowest BCUT2D eigenvalue weighted by molar-refractivity contribution is 0.0115. The van der Waals surface area contributed by atoms with Crippen molar-refractivity contribution < 1.29 is 18.3 Å². The molecule has 2 heterocycles. The van der Waals surface area contributed by atoms with Crippen molar-refractivity contribution in [2.75, 3.05) is 45.6 Å². The predicted molar refractivity (Wildman–Crippen MR) is 87.5 cm³/mol. The number of nitrogens with zero attached hydrogens (tertiary/aromatic N) is 2. The molecule has 2 rings (SSSR count). The first kappa shape index (κ1) is 17.8. The van der Waals surface area contributed by atoms with Gasteiger partial charge in [0.2, 0.25) is 10.0 Å². The standard InChI is InChI=1S/C14H24N2O4S2/c1-22(18,19)16-6-3-5-15(7-8-16)10-13(17)11-20-12-14-4-2-9-21-14/h2,4,9,13,17H,3,5-8,10-12H2,1H3. The van der Waals surface area contributed by atoms with Gasteiger partial charge in [0.15, 0.2) is 0 Å². The number of ether oxygens (including phenoxy) is 1. The van der Waals surface area contributed by atoms with Crippen LogP contribution in [0.25, 0.3) is 0 Å². The first-order chi connectivity index (χ1) is 10.4. The molecule has 1 aliphatic heterocycles. The van der Waals surface area contributed by atoms with Gasteiger partial charge in [-0.1, -0.05) is 6.07 Å². The zero-order chi connectivity index (χ0) is 16.0. The number of aliphatic hydroxyl groups is 1. The molecular formula is C14H24N2O4S2. The molecule has 0 bridgehead atoms. The van der Waals surface area contributed by atoms with Crippen LogP contribution in [0.2, 0.25) is 0 Å². The highest BCUT2D eigenvalue weighted by Crippen LogP contribution is 2.10. The Hall–Kier alpha value is -0.510. The lowest BCUT2D eigenvalue weighted by Crippen LogP contribution is -2.38. The first-order valence-electron chi connectivity index (χ1n) is 7.41. The summed E-state index contributed by atoms with van der Waals surface area (Å²) < 4.78 is 30.1. The van der Waals surface area contributed by atoms with Gasteiger partial charge in [-0.2, -0.15) is 0 Å². The Bertz CT molecular complexity index is 533. The van der Waals surface area contributed by atoms with Crippen LogP contribution in [0.5, 0.6) is 0 Å². The fourth-order valence-electron chi connectivity index (χ4n) is 2.50. The minimum atomic E-state index is -3.12. The second-order valence-corrected chi connectivity index (χ2v) is 8.58. The number of hydrogen-bond acceptors (Lipinski definition) is 6. The summed E-state index contributed by atoms with van der Waals surface area (Å²) in [5.41, 5.74) is 0. The number of thiophene rings is 1. The van der Waals surface area contributed by atoms with Crippen molar-refractivity contribution in [1.82, 2.24) is 9.21 Å². The van der Waals surface area contributed by atoms with E-state index in [1.807, 2.05) is 17.5 Å². The molecule has 1 aromatic rings. The third-order valence-electron chi connectivity index (χ3n) is 3.62. The molecule has 22 heavy (non-hydrogen) atoms. The molecule has 1 N–H and O–H groups in total. The molecule has 0 aromatic carbocycles. The number of aliphatic hydroxyl groups excluding tert-OH is 1. The SMILES string of the molecule is CS(=O)(=O)N1CCCN(CC(O)COCc2cccs2)CC1. The van der Waals surface area contributed by atoms with E-state index in [9.17, 15) is 13.5 Å². The van der Waals surface area contributed by atoms with Gasteiger partial charge in [-0.3, -0.25) is 4.90 Å². The minimum absolute atomic E-state index is 0.296. The molecule has 8 heteroatoms. The van der Waals surface area contributed by atoms with Gasteiger partial charge in [0, 0.05) is 31.1 Å². The summed E-state index contributed by atoms with van der Waals surface area (Å²) >= 11 is 1.64. The molecule has 1 fully saturated rings. The van der Waals surface area contributed by atoms with Crippen molar-refractivity contribution in [3.05, 3.63) is 22.4 Å². The van der Waals surface area contributed by atoms with Crippen LogP contribution in [0, 0.1) is 0 Å². The monoisotopic (exact) mass is 348 g/mol. The highest BCUT2D eigenvalue weighted by atomic mass is 32.2. The van der Waals surface area contributed by atoms with Crippen LogP contribution in [0.15, 0.2) is 17.5 Å². The van der Waals surface area contributed by atoms with E-state index in [-0.39, 0.29) is 0 Å². The van der Waals surface area contributed by atoms with Crippen LogP contribution in [-0.4, -0.2) is 74.4 Å². The van der Waals surface area contributed by atoms with Gasteiger partial charge < -0.3 is 9.84 Å². The first-order valence-corrected chi connectivity index (χ1v) is 10.1. The topological polar surface area (TPSA) is 70.1 Å². The summed E-state index contributed by atoms with van der Waals surface area (Å²) in [7, 11) is -3.12. The number of β-amino-alcohol motifs (C(OH)–C–C–N with tert-alkyl or cyclic N) is 1. The molecule has 0 saturated carbocycles. The summed E-state index contributed by atoms with van der Waals surface area (Å²) in [5.74, 6) is 0. The highest BCUT2D eigenvalue weighted by molar-refractivity contribution is 7.88. The van der Waals surface area contributed by atoms with Crippen molar-refractivity contribution in [2.24, 2.45) is 0 Å². The van der Waals surface area contributed by atoms with Crippen LogP contribution >= 0.6 is 11.3 Å². The number of hydrogen-bond donors (Lipinski definition) is 1. The summed E-state index contributed by atoms with van der Waals surface area (Å²) in [6, 6.07) is 3.98. The van der Waals surface area contributed by atoms with Crippen LogP contribution < -0.4 is 0 Å². The molecule has 0 amide bonds. The van der Waals surface area contributed by atoms with Gasteiger partial charge in [-0.15, -0.1) is 11.3 Å². The average Bonchev–Trinajstić information content (AvgIpc) is 2.83. The van der Waals surface area contributed by atoms with Crippen molar-refractivity contribution in [3.8, 4) is 0 Å². The Balaban J connectivity index is 1.69. The Morgan fingerprint density at radius 3 is 2.86 bits per heavy atom. The van der Waals surface area contributed by atoms with Crippen LogP contribution in [0.3, 0.4) is 0 Å². The largest absolute Gasteiger partial charge is 0.389 e. The van der Waals surface area contributed by atoms with E-state index < -0.39 is 16.1 Å². The van der Waals surface area contributed by atoms with Gasteiger partial charge in [-0.25, -0.2) is 12.7 Å². The highest BCUT2D eigenvalue weighted by Gasteiger charge is 2.22. The number of sulfonamides is 1. The lowest BCUT2D eigenvalue weighted by Gasteiger charge is -2.23. The van der Waals surface area contributed by atoms with Gasteiger partial charge in [0.05, 0.1) is 25.6 Å². The Kier molecular flexibility index (Phi) is 6.79. The molecule has 126 valence electrons. The van der Waals surface area contributed by atoms with Gasteiger partial charge in [0.1, 0.15) is 0 Å². The molecule has 6 nitrogen and oxygen atoms in total. The molecule has 1 atom stereocenters. The minimum Gasteiger partial charge on any atom is -0.389 e. The van der Waals surface area contributed by atoms with Gasteiger partial charge in [-0.05, 0) is 24.4 Å². The maximum absolute atomic E-state index is 11.6. The molecule has 1 aliphatic rings. The van der Waals surface area contributed by atoms with E-state index >= 15 is 0 Å². The Morgan fingerprint density at radius 2 is 2.18 bits per heavy atom. The zero-order valence-electron chi connectivity index (χ0n) is 12.8. The third kappa shape index (κ3) is 5.94. The fraction of sp³-hybridized carbons (Fsp3) is 0.714. The fourth-order valence-corrected chi connectivity index (χ4v) is 4.02. The van der Waals surface area contributed by atoms with Crippen LogP contribution in [-0.2, 0) is 21.4 Å². The van der Waals surface area contributed by atoms with E-state index in [4.69, 9.17) is 4.74 Å². The molecule has 1 saturated heterocycles. The van der Waals surface area contributed by atoms with Crippen molar-refractivity contribution in [3.63, 3.8) is 0 Å².